The second kappa shape index (κ2) is 7.28. The average Bonchev–Trinajstić information content (AvgIpc) is 3.01. The van der Waals surface area contributed by atoms with Crippen molar-refractivity contribution in [3.63, 3.8) is 0 Å². The van der Waals surface area contributed by atoms with E-state index in [1.807, 2.05) is 0 Å². The highest BCUT2D eigenvalue weighted by atomic mass is 16.2. The predicted molar refractivity (Wildman–Crippen MR) is 78.8 cm³/mol. The van der Waals surface area contributed by atoms with Gasteiger partial charge in [-0.1, -0.05) is 46.0 Å². The maximum atomic E-state index is 12.3. The highest BCUT2D eigenvalue weighted by Gasteiger charge is 2.36. The zero-order valence-electron chi connectivity index (χ0n) is 12.7. The molecule has 2 unspecified atom stereocenters. The Balaban J connectivity index is 1.79. The molecule has 1 amide bonds. The molecule has 0 aromatic carbocycles. The normalized spacial score (nSPS) is 28.5. The molecule has 110 valence electrons. The molecule has 2 fully saturated rings. The molecular formula is C16H30N2O. The Morgan fingerprint density at radius 1 is 1.21 bits per heavy atom. The third-order valence-electron chi connectivity index (χ3n) is 4.81. The van der Waals surface area contributed by atoms with Crippen LogP contribution in [0.25, 0.3) is 0 Å². The molecule has 3 heteroatoms. The fraction of sp³-hybridized carbons (Fsp3) is 0.938. The molecule has 1 saturated heterocycles. The van der Waals surface area contributed by atoms with Crippen LogP contribution in [0.1, 0.15) is 71.6 Å². The molecule has 0 aromatic heterocycles. The molecule has 0 bridgehead atoms. The van der Waals surface area contributed by atoms with Crippen LogP contribution in [-0.4, -0.2) is 29.6 Å². The first-order chi connectivity index (χ1) is 9.26. The maximum absolute atomic E-state index is 12.3. The summed E-state index contributed by atoms with van der Waals surface area (Å²) in [6.07, 6.45) is 11.6. The monoisotopic (exact) mass is 266 g/mol. The summed E-state index contributed by atoms with van der Waals surface area (Å²) < 4.78 is 0. The topological polar surface area (TPSA) is 32.3 Å². The van der Waals surface area contributed by atoms with E-state index in [9.17, 15) is 4.79 Å². The van der Waals surface area contributed by atoms with Gasteiger partial charge in [-0.2, -0.15) is 0 Å². The minimum absolute atomic E-state index is 0.0723. The number of rotatable bonds is 7. The van der Waals surface area contributed by atoms with Gasteiger partial charge >= 0.3 is 0 Å². The van der Waals surface area contributed by atoms with Gasteiger partial charge in [0.15, 0.2) is 0 Å². The third-order valence-corrected chi connectivity index (χ3v) is 4.81. The quantitative estimate of drug-likeness (QED) is 0.767. The smallest absolute Gasteiger partial charge is 0.241 e. The van der Waals surface area contributed by atoms with E-state index in [1.54, 1.807) is 0 Å². The summed E-state index contributed by atoms with van der Waals surface area (Å²) in [5.74, 6) is 1.28. The lowest BCUT2D eigenvalue weighted by atomic mass is 10.0. The van der Waals surface area contributed by atoms with E-state index in [1.165, 1.54) is 38.5 Å². The molecule has 19 heavy (non-hydrogen) atoms. The maximum Gasteiger partial charge on any atom is 0.241 e. The molecule has 1 aliphatic heterocycles. The van der Waals surface area contributed by atoms with Gasteiger partial charge in [-0.15, -0.1) is 0 Å². The highest BCUT2D eigenvalue weighted by molar-refractivity contribution is 5.84. The van der Waals surface area contributed by atoms with E-state index in [0.29, 0.717) is 12.1 Å². The molecule has 2 atom stereocenters. The van der Waals surface area contributed by atoms with Gasteiger partial charge in [-0.05, 0) is 31.6 Å². The van der Waals surface area contributed by atoms with Gasteiger partial charge in [0.2, 0.25) is 5.91 Å². The SMILES string of the molecule is CCCC1NC(CC)C(=O)N1CCCC1CCCC1. The summed E-state index contributed by atoms with van der Waals surface area (Å²) in [6, 6.07) is 0.0723. The van der Waals surface area contributed by atoms with Crippen molar-refractivity contribution in [1.82, 2.24) is 10.2 Å². The highest BCUT2D eigenvalue weighted by Crippen LogP contribution is 2.29. The fourth-order valence-electron chi connectivity index (χ4n) is 3.67. The van der Waals surface area contributed by atoms with Gasteiger partial charge in [0.05, 0.1) is 12.2 Å². The molecular weight excluding hydrogens is 236 g/mol. The van der Waals surface area contributed by atoms with Crippen molar-refractivity contribution in [1.29, 1.82) is 0 Å². The summed E-state index contributed by atoms with van der Waals surface area (Å²) in [5, 5.41) is 3.50. The number of nitrogens with one attached hydrogen (secondary N) is 1. The molecule has 2 aliphatic rings. The first kappa shape index (κ1) is 14.8. The molecule has 3 nitrogen and oxygen atoms in total. The van der Waals surface area contributed by atoms with Gasteiger partial charge in [-0.3, -0.25) is 10.1 Å². The first-order valence-electron chi connectivity index (χ1n) is 8.32. The Labute approximate surface area is 118 Å². The predicted octanol–water partition coefficient (Wildman–Crippen LogP) is 3.29. The molecule has 0 spiro atoms. The summed E-state index contributed by atoms with van der Waals surface area (Å²) in [7, 11) is 0. The van der Waals surface area contributed by atoms with Gasteiger partial charge in [-0.25, -0.2) is 0 Å². The summed E-state index contributed by atoms with van der Waals surface area (Å²) >= 11 is 0. The van der Waals surface area contributed by atoms with Crippen LogP contribution < -0.4 is 5.32 Å². The number of carbonyl (C=O) groups excluding carboxylic acids is 1. The van der Waals surface area contributed by atoms with E-state index in [4.69, 9.17) is 0 Å². The third kappa shape index (κ3) is 3.71. The van der Waals surface area contributed by atoms with E-state index >= 15 is 0 Å². The van der Waals surface area contributed by atoms with Crippen LogP contribution in [0.5, 0.6) is 0 Å². The minimum atomic E-state index is 0.0723. The molecule has 1 N–H and O–H groups in total. The van der Waals surface area contributed by atoms with Crippen LogP contribution in [0.3, 0.4) is 0 Å². The Hall–Kier alpha value is -0.570. The van der Waals surface area contributed by atoms with Gasteiger partial charge in [0.1, 0.15) is 0 Å². The second-order valence-corrected chi connectivity index (χ2v) is 6.26. The van der Waals surface area contributed by atoms with Crippen LogP contribution in [0.2, 0.25) is 0 Å². The Bertz CT molecular complexity index is 286. The van der Waals surface area contributed by atoms with Crippen molar-refractivity contribution in [2.75, 3.05) is 6.54 Å². The Kier molecular flexibility index (Phi) is 5.68. The lowest BCUT2D eigenvalue weighted by Crippen LogP contribution is -2.38. The molecule has 1 saturated carbocycles. The summed E-state index contributed by atoms with van der Waals surface area (Å²) in [5.41, 5.74) is 0. The van der Waals surface area contributed by atoms with Gasteiger partial charge in [0, 0.05) is 6.54 Å². The molecule has 2 rings (SSSR count). The molecule has 1 heterocycles. The first-order valence-corrected chi connectivity index (χ1v) is 8.32. The summed E-state index contributed by atoms with van der Waals surface area (Å²) in [6.45, 7) is 5.26. The number of hydrogen-bond donors (Lipinski definition) is 1. The van der Waals surface area contributed by atoms with Gasteiger partial charge in [0.25, 0.3) is 0 Å². The van der Waals surface area contributed by atoms with E-state index in [-0.39, 0.29) is 6.04 Å². The molecule has 0 aromatic rings. The molecule has 0 radical (unpaired) electrons. The summed E-state index contributed by atoms with van der Waals surface area (Å²) in [4.78, 5) is 14.4. The molecule has 1 aliphatic carbocycles. The van der Waals surface area contributed by atoms with E-state index < -0.39 is 0 Å². The second-order valence-electron chi connectivity index (χ2n) is 6.26. The van der Waals surface area contributed by atoms with Crippen LogP contribution in [0.15, 0.2) is 0 Å². The van der Waals surface area contributed by atoms with Crippen molar-refractivity contribution in [3.05, 3.63) is 0 Å². The van der Waals surface area contributed by atoms with Gasteiger partial charge < -0.3 is 4.90 Å². The van der Waals surface area contributed by atoms with Crippen molar-refractivity contribution >= 4 is 5.91 Å². The van der Waals surface area contributed by atoms with Crippen LogP contribution in [0.4, 0.5) is 0 Å². The van der Waals surface area contributed by atoms with E-state index in [0.717, 1.165) is 31.7 Å². The van der Waals surface area contributed by atoms with Crippen LogP contribution in [-0.2, 0) is 4.79 Å². The zero-order valence-corrected chi connectivity index (χ0v) is 12.7. The van der Waals surface area contributed by atoms with Crippen molar-refractivity contribution in [2.45, 2.75) is 83.8 Å². The standard InChI is InChI=1S/C16H30N2O/c1-3-8-15-17-14(4-2)16(19)18(15)12-7-11-13-9-5-6-10-13/h13-15,17H,3-12H2,1-2H3. The minimum Gasteiger partial charge on any atom is -0.326 e. The van der Waals surface area contributed by atoms with E-state index in [2.05, 4.69) is 24.1 Å². The Morgan fingerprint density at radius 2 is 1.95 bits per heavy atom. The van der Waals surface area contributed by atoms with Crippen molar-refractivity contribution in [3.8, 4) is 0 Å². The number of nitrogens with zero attached hydrogens (tertiary/aromatic N) is 1. The lowest BCUT2D eigenvalue weighted by Gasteiger charge is -2.24. The number of hydrogen-bond acceptors (Lipinski definition) is 2. The largest absolute Gasteiger partial charge is 0.326 e. The van der Waals surface area contributed by atoms with Crippen LogP contribution in [0, 0.1) is 5.92 Å². The lowest BCUT2D eigenvalue weighted by molar-refractivity contribution is -0.130. The average molecular weight is 266 g/mol. The fourth-order valence-corrected chi connectivity index (χ4v) is 3.67. The Morgan fingerprint density at radius 3 is 2.58 bits per heavy atom. The van der Waals surface area contributed by atoms with Crippen LogP contribution >= 0.6 is 0 Å². The van der Waals surface area contributed by atoms with Crippen molar-refractivity contribution < 1.29 is 4.79 Å². The van der Waals surface area contributed by atoms with Crippen molar-refractivity contribution in [2.24, 2.45) is 5.92 Å². The number of carbonyl (C=O) groups is 1. The zero-order chi connectivity index (χ0) is 13.7. The number of amides is 1.